The molecule has 1 heterocycles. The molecule has 6 heteroatoms. The Kier molecular flexibility index (Phi) is 6.51. The summed E-state index contributed by atoms with van der Waals surface area (Å²) in [5, 5.41) is 7.75. The van der Waals surface area contributed by atoms with Crippen molar-refractivity contribution in [2.45, 2.75) is 6.42 Å². The first-order valence-corrected chi connectivity index (χ1v) is 10.4. The number of hydrogen-bond donors (Lipinski definition) is 1. The highest BCUT2D eigenvalue weighted by atomic mass is 16.5. The van der Waals surface area contributed by atoms with E-state index < -0.39 is 0 Å². The average molecular weight is 428 g/mol. The number of ether oxygens (including phenoxy) is 2. The Labute approximate surface area is 187 Å². The van der Waals surface area contributed by atoms with Crippen LogP contribution in [0, 0.1) is 0 Å². The third kappa shape index (κ3) is 4.64. The molecule has 1 N–H and O–H groups in total. The largest absolute Gasteiger partial charge is 0.493 e. The first kappa shape index (κ1) is 21.2. The number of nitrogens with one attached hydrogen (secondary N) is 1. The van der Waals surface area contributed by atoms with Gasteiger partial charge in [-0.3, -0.25) is 4.79 Å². The number of aromatic nitrogens is 2. The Morgan fingerprint density at radius 3 is 2.28 bits per heavy atom. The standard InChI is InChI=1S/C26H25N3O3/c1-31-23-14-13-20(17-24(23)32-2)25-22(18-29(28-25)21-11-7-4-8-12-21)26(30)27-16-15-19-9-5-3-6-10-19/h3-14,17-18H,15-16H2,1-2H3,(H,27,30). The van der Waals surface area contributed by atoms with Gasteiger partial charge < -0.3 is 14.8 Å². The van der Waals surface area contributed by atoms with Crippen LogP contribution in [0.2, 0.25) is 0 Å². The zero-order chi connectivity index (χ0) is 22.3. The molecular weight excluding hydrogens is 402 g/mol. The van der Waals surface area contributed by atoms with Crippen LogP contribution in [0.4, 0.5) is 0 Å². The van der Waals surface area contributed by atoms with Crippen LogP contribution in [0.1, 0.15) is 15.9 Å². The predicted molar refractivity (Wildman–Crippen MR) is 125 cm³/mol. The van der Waals surface area contributed by atoms with Gasteiger partial charge in [-0.15, -0.1) is 0 Å². The summed E-state index contributed by atoms with van der Waals surface area (Å²) in [4.78, 5) is 13.1. The van der Waals surface area contributed by atoms with Crippen molar-refractivity contribution in [2.75, 3.05) is 20.8 Å². The van der Waals surface area contributed by atoms with E-state index >= 15 is 0 Å². The first-order chi connectivity index (χ1) is 15.7. The monoisotopic (exact) mass is 427 g/mol. The molecule has 0 aliphatic carbocycles. The second-order valence-electron chi connectivity index (χ2n) is 7.23. The second-order valence-corrected chi connectivity index (χ2v) is 7.23. The van der Waals surface area contributed by atoms with Gasteiger partial charge in [-0.25, -0.2) is 4.68 Å². The van der Waals surface area contributed by atoms with Crippen molar-refractivity contribution in [3.8, 4) is 28.4 Å². The van der Waals surface area contributed by atoms with E-state index in [0.29, 0.717) is 29.3 Å². The summed E-state index contributed by atoms with van der Waals surface area (Å²) in [6.07, 6.45) is 2.52. The molecule has 0 aliphatic rings. The minimum Gasteiger partial charge on any atom is -0.493 e. The number of benzene rings is 3. The van der Waals surface area contributed by atoms with Crippen LogP contribution in [0.3, 0.4) is 0 Å². The fourth-order valence-corrected chi connectivity index (χ4v) is 3.51. The zero-order valence-corrected chi connectivity index (χ0v) is 18.1. The number of para-hydroxylation sites is 1. The summed E-state index contributed by atoms with van der Waals surface area (Å²) in [7, 11) is 3.18. The molecule has 32 heavy (non-hydrogen) atoms. The van der Waals surface area contributed by atoms with E-state index in [4.69, 9.17) is 14.6 Å². The number of nitrogens with zero attached hydrogens (tertiary/aromatic N) is 2. The number of amides is 1. The van der Waals surface area contributed by atoms with Gasteiger partial charge in [-0.2, -0.15) is 5.10 Å². The van der Waals surface area contributed by atoms with E-state index in [0.717, 1.165) is 17.7 Å². The molecule has 0 unspecified atom stereocenters. The maximum absolute atomic E-state index is 13.1. The molecule has 0 atom stereocenters. The second kappa shape index (κ2) is 9.83. The lowest BCUT2D eigenvalue weighted by atomic mass is 10.1. The number of methoxy groups -OCH3 is 2. The third-order valence-electron chi connectivity index (χ3n) is 5.18. The normalized spacial score (nSPS) is 10.6. The Hall–Kier alpha value is -4.06. The quantitative estimate of drug-likeness (QED) is 0.449. The molecule has 4 rings (SSSR count). The zero-order valence-electron chi connectivity index (χ0n) is 18.1. The summed E-state index contributed by atoms with van der Waals surface area (Å²) in [5.41, 5.74) is 3.89. The highest BCUT2D eigenvalue weighted by Crippen LogP contribution is 2.33. The lowest BCUT2D eigenvalue weighted by Crippen LogP contribution is -2.25. The van der Waals surface area contributed by atoms with E-state index in [2.05, 4.69) is 17.4 Å². The molecule has 162 valence electrons. The van der Waals surface area contributed by atoms with Crippen molar-refractivity contribution in [2.24, 2.45) is 0 Å². The molecule has 0 saturated carbocycles. The fraction of sp³-hybridized carbons (Fsp3) is 0.154. The van der Waals surface area contributed by atoms with Gasteiger partial charge in [-0.05, 0) is 42.3 Å². The Balaban J connectivity index is 1.65. The van der Waals surface area contributed by atoms with Crippen molar-refractivity contribution in [3.63, 3.8) is 0 Å². The molecule has 0 aliphatic heterocycles. The van der Waals surface area contributed by atoms with Gasteiger partial charge in [-0.1, -0.05) is 48.5 Å². The van der Waals surface area contributed by atoms with E-state index in [-0.39, 0.29) is 5.91 Å². The molecular formula is C26H25N3O3. The van der Waals surface area contributed by atoms with Crippen molar-refractivity contribution >= 4 is 5.91 Å². The van der Waals surface area contributed by atoms with Crippen molar-refractivity contribution in [1.82, 2.24) is 15.1 Å². The van der Waals surface area contributed by atoms with E-state index in [1.165, 1.54) is 5.56 Å². The molecule has 0 saturated heterocycles. The molecule has 0 fully saturated rings. The minimum atomic E-state index is -0.173. The van der Waals surface area contributed by atoms with E-state index in [9.17, 15) is 4.79 Å². The van der Waals surface area contributed by atoms with Crippen molar-refractivity contribution in [1.29, 1.82) is 0 Å². The maximum atomic E-state index is 13.1. The summed E-state index contributed by atoms with van der Waals surface area (Å²) < 4.78 is 12.5. The topological polar surface area (TPSA) is 65.4 Å². The minimum absolute atomic E-state index is 0.173. The summed E-state index contributed by atoms with van der Waals surface area (Å²) in [6.45, 7) is 0.532. The first-order valence-electron chi connectivity index (χ1n) is 10.4. The highest BCUT2D eigenvalue weighted by molar-refractivity contribution is 6.00. The van der Waals surface area contributed by atoms with Crippen LogP contribution in [-0.2, 0) is 6.42 Å². The van der Waals surface area contributed by atoms with Crippen LogP contribution < -0.4 is 14.8 Å². The molecule has 6 nitrogen and oxygen atoms in total. The maximum Gasteiger partial charge on any atom is 0.255 e. The Morgan fingerprint density at radius 1 is 0.906 bits per heavy atom. The van der Waals surface area contributed by atoms with Gasteiger partial charge in [0.05, 0.1) is 25.5 Å². The number of carbonyl (C=O) groups excluding carboxylic acids is 1. The van der Waals surface area contributed by atoms with E-state index in [1.54, 1.807) is 25.1 Å². The molecule has 1 aromatic heterocycles. The smallest absolute Gasteiger partial charge is 0.255 e. The summed E-state index contributed by atoms with van der Waals surface area (Å²) >= 11 is 0. The SMILES string of the molecule is COc1ccc(-c2nn(-c3ccccc3)cc2C(=O)NCCc2ccccc2)cc1OC. The van der Waals surface area contributed by atoms with Gasteiger partial charge in [0.25, 0.3) is 5.91 Å². The molecule has 0 spiro atoms. The molecule has 1 amide bonds. The fourth-order valence-electron chi connectivity index (χ4n) is 3.51. The summed E-state index contributed by atoms with van der Waals surface area (Å²) in [6, 6.07) is 25.3. The third-order valence-corrected chi connectivity index (χ3v) is 5.18. The van der Waals surface area contributed by atoms with Crippen molar-refractivity contribution in [3.05, 3.63) is 96.2 Å². The number of carbonyl (C=O) groups is 1. The Bertz CT molecular complexity index is 1190. The van der Waals surface area contributed by atoms with Gasteiger partial charge in [0.1, 0.15) is 5.69 Å². The van der Waals surface area contributed by atoms with Crippen LogP contribution in [0.5, 0.6) is 11.5 Å². The lowest BCUT2D eigenvalue weighted by Gasteiger charge is -2.10. The van der Waals surface area contributed by atoms with Gasteiger partial charge >= 0.3 is 0 Å². The molecule has 0 radical (unpaired) electrons. The van der Waals surface area contributed by atoms with Crippen molar-refractivity contribution < 1.29 is 14.3 Å². The average Bonchev–Trinajstić information content (AvgIpc) is 3.30. The molecule has 4 aromatic rings. The summed E-state index contributed by atoms with van der Waals surface area (Å²) in [5.74, 6) is 1.02. The van der Waals surface area contributed by atoms with Crippen LogP contribution >= 0.6 is 0 Å². The lowest BCUT2D eigenvalue weighted by molar-refractivity contribution is 0.0954. The van der Waals surface area contributed by atoms with Gasteiger partial charge in [0.2, 0.25) is 0 Å². The van der Waals surface area contributed by atoms with Crippen LogP contribution in [-0.4, -0.2) is 36.5 Å². The predicted octanol–water partition coefficient (Wildman–Crippen LogP) is 4.53. The number of rotatable bonds is 8. The Morgan fingerprint density at radius 2 is 1.59 bits per heavy atom. The molecule has 3 aromatic carbocycles. The van der Waals surface area contributed by atoms with Crippen LogP contribution in [0.25, 0.3) is 16.9 Å². The van der Waals surface area contributed by atoms with Gasteiger partial charge in [0, 0.05) is 18.3 Å². The number of hydrogen-bond acceptors (Lipinski definition) is 4. The molecule has 0 bridgehead atoms. The van der Waals surface area contributed by atoms with Crippen LogP contribution in [0.15, 0.2) is 85.1 Å². The van der Waals surface area contributed by atoms with E-state index in [1.807, 2.05) is 66.7 Å². The highest BCUT2D eigenvalue weighted by Gasteiger charge is 2.20. The van der Waals surface area contributed by atoms with Gasteiger partial charge in [0.15, 0.2) is 11.5 Å².